The molecule has 19 heavy (non-hydrogen) atoms. The largest absolute Gasteiger partial charge is 0.287 e. The van der Waals surface area contributed by atoms with E-state index in [9.17, 15) is 9.18 Å². The zero-order valence-corrected chi connectivity index (χ0v) is 11.4. The van der Waals surface area contributed by atoms with Crippen molar-refractivity contribution in [3.05, 3.63) is 46.4 Å². The number of aliphatic imine (C=N–C) groups is 1. The van der Waals surface area contributed by atoms with E-state index in [0.29, 0.717) is 16.8 Å². The maximum Gasteiger partial charge on any atom is 0.211 e. The van der Waals surface area contributed by atoms with Crippen LogP contribution in [0.4, 0.5) is 4.39 Å². The summed E-state index contributed by atoms with van der Waals surface area (Å²) in [6.07, 6.45) is 5.50. The van der Waals surface area contributed by atoms with Crippen LogP contribution in [-0.4, -0.2) is 12.0 Å². The lowest BCUT2D eigenvalue weighted by atomic mass is 9.94. The lowest BCUT2D eigenvalue weighted by Gasteiger charge is -2.14. The molecule has 0 amide bonds. The summed E-state index contributed by atoms with van der Waals surface area (Å²) in [6.45, 7) is 3.85. The van der Waals surface area contributed by atoms with Crippen LogP contribution in [0.1, 0.15) is 48.5 Å². The van der Waals surface area contributed by atoms with Crippen molar-refractivity contribution in [3.63, 3.8) is 0 Å². The monoisotopic (exact) mass is 259 g/mol. The summed E-state index contributed by atoms with van der Waals surface area (Å²) in [5.74, 6) is -0.402. The Kier molecular flexibility index (Phi) is 4.25. The van der Waals surface area contributed by atoms with Gasteiger partial charge in [0.2, 0.25) is 5.78 Å². The molecule has 0 N–H and O–H groups in total. The SMILES string of the molecule is CCCC1=C(C(=O)c2ccc(F)cc2C)N=CCC1. The van der Waals surface area contributed by atoms with E-state index in [2.05, 4.69) is 11.9 Å². The van der Waals surface area contributed by atoms with Crippen molar-refractivity contribution in [2.24, 2.45) is 4.99 Å². The lowest BCUT2D eigenvalue weighted by Crippen LogP contribution is -2.10. The highest BCUT2D eigenvalue weighted by molar-refractivity contribution is 6.10. The summed E-state index contributed by atoms with van der Waals surface area (Å²) in [5, 5.41) is 0. The second kappa shape index (κ2) is 5.91. The molecule has 0 saturated carbocycles. The predicted molar refractivity (Wildman–Crippen MR) is 75.1 cm³/mol. The van der Waals surface area contributed by atoms with E-state index in [0.717, 1.165) is 31.3 Å². The summed E-state index contributed by atoms with van der Waals surface area (Å²) >= 11 is 0. The number of benzene rings is 1. The van der Waals surface area contributed by atoms with Gasteiger partial charge in [-0.15, -0.1) is 0 Å². The number of ketones is 1. The Morgan fingerprint density at radius 3 is 2.89 bits per heavy atom. The highest BCUT2D eigenvalue weighted by Crippen LogP contribution is 2.25. The molecule has 0 bridgehead atoms. The first-order valence-electron chi connectivity index (χ1n) is 6.69. The zero-order valence-electron chi connectivity index (χ0n) is 11.4. The Bertz CT molecular complexity index is 558. The van der Waals surface area contributed by atoms with Gasteiger partial charge in [0.25, 0.3) is 0 Å². The van der Waals surface area contributed by atoms with Gasteiger partial charge in [0.15, 0.2) is 0 Å². The standard InChI is InChI=1S/C16H18FNO/c1-3-5-12-6-4-9-18-15(12)16(19)14-8-7-13(17)10-11(14)2/h7-10H,3-6H2,1-2H3. The number of rotatable bonds is 4. The van der Waals surface area contributed by atoms with Crippen LogP contribution >= 0.6 is 0 Å². The fraction of sp³-hybridized carbons (Fsp3) is 0.375. The first kappa shape index (κ1) is 13.7. The highest BCUT2D eigenvalue weighted by atomic mass is 19.1. The third-order valence-electron chi connectivity index (χ3n) is 3.33. The second-order valence-electron chi connectivity index (χ2n) is 4.84. The van der Waals surface area contributed by atoms with Crippen molar-refractivity contribution in [3.8, 4) is 0 Å². The minimum absolute atomic E-state index is 0.0862. The topological polar surface area (TPSA) is 29.4 Å². The number of hydrogen-bond donors (Lipinski definition) is 0. The van der Waals surface area contributed by atoms with Gasteiger partial charge in [0, 0.05) is 11.8 Å². The van der Waals surface area contributed by atoms with E-state index >= 15 is 0 Å². The fourth-order valence-corrected chi connectivity index (χ4v) is 2.38. The van der Waals surface area contributed by atoms with Crippen molar-refractivity contribution in [1.82, 2.24) is 0 Å². The van der Waals surface area contributed by atoms with Crippen molar-refractivity contribution < 1.29 is 9.18 Å². The normalized spacial score (nSPS) is 14.9. The quantitative estimate of drug-likeness (QED) is 0.744. The molecule has 0 aromatic heterocycles. The Balaban J connectivity index is 2.39. The van der Waals surface area contributed by atoms with Crippen molar-refractivity contribution in [2.45, 2.75) is 39.5 Å². The van der Waals surface area contributed by atoms with Crippen LogP contribution in [0.2, 0.25) is 0 Å². The van der Waals surface area contributed by atoms with E-state index < -0.39 is 0 Å². The average molecular weight is 259 g/mol. The summed E-state index contributed by atoms with van der Waals surface area (Å²) in [4.78, 5) is 16.8. The number of nitrogens with zero attached hydrogens (tertiary/aromatic N) is 1. The maximum atomic E-state index is 13.1. The third kappa shape index (κ3) is 2.98. The number of hydrogen-bond acceptors (Lipinski definition) is 2. The van der Waals surface area contributed by atoms with Gasteiger partial charge in [-0.05, 0) is 55.5 Å². The van der Waals surface area contributed by atoms with Gasteiger partial charge < -0.3 is 0 Å². The van der Waals surface area contributed by atoms with Crippen LogP contribution in [-0.2, 0) is 0 Å². The van der Waals surface area contributed by atoms with E-state index in [4.69, 9.17) is 0 Å². The summed E-state index contributed by atoms with van der Waals surface area (Å²) in [7, 11) is 0. The van der Waals surface area contributed by atoms with Gasteiger partial charge in [-0.1, -0.05) is 13.3 Å². The fourth-order valence-electron chi connectivity index (χ4n) is 2.38. The molecule has 2 nitrogen and oxygen atoms in total. The van der Waals surface area contributed by atoms with E-state index in [1.807, 2.05) is 0 Å². The summed E-state index contributed by atoms with van der Waals surface area (Å²) < 4.78 is 13.1. The molecule has 0 unspecified atom stereocenters. The van der Waals surface area contributed by atoms with Gasteiger partial charge in [0.1, 0.15) is 11.5 Å². The van der Waals surface area contributed by atoms with Crippen molar-refractivity contribution >= 4 is 12.0 Å². The second-order valence-corrected chi connectivity index (χ2v) is 4.84. The smallest absolute Gasteiger partial charge is 0.211 e. The van der Waals surface area contributed by atoms with Crippen molar-refractivity contribution in [1.29, 1.82) is 0 Å². The molecule has 0 aliphatic carbocycles. The molecule has 1 aliphatic rings. The Hall–Kier alpha value is -1.77. The Labute approximate surface area is 113 Å². The minimum atomic E-state index is -0.316. The number of aryl methyl sites for hydroxylation is 1. The zero-order chi connectivity index (χ0) is 13.8. The molecule has 1 aromatic rings. The maximum absolute atomic E-state index is 13.1. The Morgan fingerprint density at radius 2 is 2.21 bits per heavy atom. The molecule has 1 heterocycles. The predicted octanol–water partition coefficient (Wildman–Crippen LogP) is 4.24. The van der Waals surface area contributed by atoms with Crippen molar-refractivity contribution in [2.75, 3.05) is 0 Å². The highest BCUT2D eigenvalue weighted by Gasteiger charge is 2.19. The average Bonchev–Trinajstić information content (AvgIpc) is 2.39. The molecule has 2 rings (SSSR count). The summed E-state index contributed by atoms with van der Waals surface area (Å²) in [5.41, 5.74) is 2.89. The van der Waals surface area contributed by atoms with Crippen LogP contribution in [0.5, 0.6) is 0 Å². The molecule has 0 saturated heterocycles. The van der Waals surface area contributed by atoms with Gasteiger partial charge >= 0.3 is 0 Å². The molecule has 1 aliphatic heterocycles. The number of carbonyl (C=O) groups excluding carboxylic acids is 1. The molecule has 0 fully saturated rings. The van der Waals surface area contributed by atoms with Crippen LogP contribution in [0, 0.1) is 12.7 Å². The van der Waals surface area contributed by atoms with Gasteiger partial charge in [0.05, 0.1) is 0 Å². The number of allylic oxidation sites excluding steroid dienone is 2. The third-order valence-corrected chi connectivity index (χ3v) is 3.33. The van der Waals surface area contributed by atoms with Crippen LogP contribution in [0.15, 0.2) is 34.5 Å². The van der Waals surface area contributed by atoms with E-state index in [1.165, 1.54) is 12.1 Å². The number of halogens is 1. The van der Waals surface area contributed by atoms with E-state index in [-0.39, 0.29) is 11.6 Å². The van der Waals surface area contributed by atoms with Gasteiger partial charge in [-0.3, -0.25) is 9.79 Å². The first-order chi connectivity index (χ1) is 9.13. The lowest BCUT2D eigenvalue weighted by molar-refractivity contribution is 0.103. The van der Waals surface area contributed by atoms with Gasteiger partial charge in [-0.25, -0.2) is 4.39 Å². The summed E-state index contributed by atoms with van der Waals surface area (Å²) in [6, 6.07) is 4.26. The molecule has 0 atom stereocenters. The molecule has 1 aromatic carbocycles. The molecule has 0 radical (unpaired) electrons. The number of Topliss-reactive ketones (excluding diaryl/α,β-unsaturated/α-hetero) is 1. The van der Waals surface area contributed by atoms with Crippen LogP contribution in [0.3, 0.4) is 0 Å². The molecule has 0 spiro atoms. The number of carbonyl (C=O) groups is 1. The molecular formula is C16H18FNO. The Morgan fingerprint density at radius 1 is 1.42 bits per heavy atom. The van der Waals surface area contributed by atoms with Gasteiger partial charge in [-0.2, -0.15) is 0 Å². The van der Waals surface area contributed by atoms with Crippen LogP contribution < -0.4 is 0 Å². The first-order valence-corrected chi connectivity index (χ1v) is 6.69. The van der Waals surface area contributed by atoms with E-state index in [1.54, 1.807) is 19.2 Å². The molecule has 100 valence electrons. The molecule has 3 heteroatoms. The van der Waals surface area contributed by atoms with Crippen LogP contribution in [0.25, 0.3) is 0 Å². The minimum Gasteiger partial charge on any atom is -0.287 e. The molecular weight excluding hydrogens is 241 g/mol.